The van der Waals surface area contributed by atoms with Crippen LogP contribution in [-0.4, -0.2) is 45.7 Å². The van der Waals surface area contributed by atoms with Gasteiger partial charge in [0.15, 0.2) is 20.8 Å². The molecule has 0 aliphatic carbocycles. The van der Waals surface area contributed by atoms with Crippen molar-refractivity contribution in [3.63, 3.8) is 0 Å². The molecule has 0 amide bonds. The summed E-state index contributed by atoms with van der Waals surface area (Å²) < 4.78 is 24.8. The van der Waals surface area contributed by atoms with E-state index in [4.69, 9.17) is 16.7 Å². The lowest BCUT2D eigenvalue weighted by Gasteiger charge is -2.07. The second-order valence-electron chi connectivity index (χ2n) is 5.84. The van der Waals surface area contributed by atoms with Crippen LogP contribution in [0.2, 0.25) is 5.15 Å². The summed E-state index contributed by atoms with van der Waals surface area (Å²) in [6.45, 7) is 0. The van der Waals surface area contributed by atoms with E-state index in [1.807, 2.05) is 0 Å². The summed E-state index contributed by atoms with van der Waals surface area (Å²) in [5.74, 6) is -0.516. The van der Waals surface area contributed by atoms with E-state index < -0.39 is 15.8 Å². The molecular formula is C17H15ClN4O4S. The van der Waals surface area contributed by atoms with E-state index in [0.717, 1.165) is 6.26 Å². The highest BCUT2D eigenvalue weighted by atomic mass is 35.5. The maximum Gasteiger partial charge on any atom is 0.303 e. The summed E-state index contributed by atoms with van der Waals surface area (Å²) >= 11 is 5.78. The molecule has 3 aromatic rings. The zero-order chi connectivity index (χ0) is 19.6. The lowest BCUT2D eigenvalue weighted by Crippen LogP contribution is -2.04. The van der Waals surface area contributed by atoms with Gasteiger partial charge in [-0.1, -0.05) is 23.7 Å². The monoisotopic (exact) mass is 406 g/mol. The molecule has 0 aliphatic heterocycles. The zero-order valence-corrected chi connectivity index (χ0v) is 15.8. The van der Waals surface area contributed by atoms with Crippen LogP contribution in [0, 0.1) is 0 Å². The molecule has 0 atom stereocenters. The summed E-state index contributed by atoms with van der Waals surface area (Å²) in [5, 5.41) is 21.4. The van der Waals surface area contributed by atoms with Crippen LogP contribution in [-0.2, 0) is 21.1 Å². The first-order valence-electron chi connectivity index (χ1n) is 7.85. The third-order valence-corrected chi connectivity index (χ3v) is 5.10. The van der Waals surface area contributed by atoms with Crippen LogP contribution in [0.15, 0.2) is 47.4 Å². The number of aliphatic carboxylic acids is 1. The number of rotatable bonds is 6. The molecule has 3 rings (SSSR count). The van der Waals surface area contributed by atoms with Gasteiger partial charge >= 0.3 is 5.97 Å². The van der Waals surface area contributed by atoms with Gasteiger partial charge in [0.1, 0.15) is 0 Å². The van der Waals surface area contributed by atoms with E-state index >= 15 is 0 Å². The average molecular weight is 407 g/mol. The van der Waals surface area contributed by atoms with Gasteiger partial charge in [0.05, 0.1) is 22.7 Å². The predicted octanol–water partition coefficient (Wildman–Crippen LogP) is 2.40. The molecule has 0 saturated heterocycles. The van der Waals surface area contributed by atoms with Crippen LogP contribution in [0.25, 0.3) is 17.1 Å². The normalized spacial score (nSPS) is 11.5. The van der Waals surface area contributed by atoms with E-state index in [1.54, 1.807) is 30.3 Å². The number of carboxylic acids is 1. The first-order chi connectivity index (χ1) is 12.7. The maximum atomic E-state index is 11.7. The van der Waals surface area contributed by atoms with Gasteiger partial charge in [0, 0.05) is 18.2 Å². The first-order valence-corrected chi connectivity index (χ1v) is 10.1. The van der Waals surface area contributed by atoms with Crippen molar-refractivity contribution < 1.29 is 18.3 Å². The Labute approximate surface area is 160 Å². The van der Waals surface area contributed by atoms with Crippen LogP contribution < -0.4 is 0 Å². The Hall–Kier alpha value is -2.78. The molecule has 27 heavy (non-hydrogen) atoms. The van der Waals surface area contributed by atoms with E-state index in [2.05, 4.69) is 15.3 Å². The van der Waals surface area contributed by atoms with Crippen LogP contribution in [0.3, 0.4) is 0 Å². The minimum Gasteiger partial charge on any atom is -0.481 e. The number of benzene rings is 1. The smallest absolute Gasteiger partial charge is 0.303 e. The Morgan fingerprint density at radius 2 is 1.85 bits per heavy atom. The fourth-order valence-corrected chi connectivity index (χ4v) is 3.19. The van der Waals surface area contributed by atoms with Crippen LogP contribution in [0.5, 0.6) is 0 Å². The lowest BCUT2D eigenvalue weighted by atomic mass is 10.1. The Morgan fingerprint density at radius 1 is 1.15 bits per heavy atom. The number of hydrogen-bond donors (Lipinski definition) is 1. The maximum absolute atomic E-state index is 11.7. The second-order valence-corrected chi connectivity index (χ2v) is 8.24. The van der Waals surface area contributed by atoms with Crippen molar-refractivity contribution in [2.24, 2.45) is 0 Å². The standard InChI is InChI=1S/C17H15ClN4O4S/c1-27(25,26)13-5-2-11(3-6-13)14-10-12(4-9-17(23)24)21-22(14)16-8-7-15(18)19-20-16/h2-3,5-8,10H,4,9H2,1H3,(H,23,24). The molecule has 1 aromatic carbocycles. The van der Waals surface area contributed by atoms with Crippen molar-refractivity contribution >= 4 is 27.4 Å². The quantitative estimate of drug-likeness (QED) is 0.668. The molecule has 0 radical (unpaired) electrons. The Bertz CT molecular complexity index is 1080. The molecule has 140 valence electrons. The minimum absolute atomic E-state index is 0.0598. The fourth-order valence-electron chi connectivity index (χ4n) is 2.46. The molecule has 0 aliphatic rings. The van der Waals surface area contributed by atoms with Crippen molar-refractivity contribution in [3.05, 3.63) is 53.3 Å². The molecule has 2 heterocycles. The summed E-state index contributed by atoms with van der Waals surface area (Å²) in [6, 6.07) is 11.3. The van der Waals surface area contributed by atoms with Gasteiger partial charge < -0.3 is 5.11 Å². The number of hydrogen-bond acceptors (Lipinski definition) is 6. The molecule has 8 nitrogen and oxygen atoms in total. The summed E-state index contributed by atoms with van der Waals surface area (Å²) in [5.41, 5.74) is 1.90. The van der Waals surface area contributed by atoms with Crippen LogP contribution in [0.4, 0.5) is 0 Å². The highest BCUT2D eigenvalue weighted by molar-refractivity contribution is 7.90. The van der Waals surface area contributed by atoms with E-state index in [0.29, 0.717) is 22.8 Å². The van der Waals surface area contributed by atoms with E-state index in [1.165, 1.54) is 16.8 Å². The minimum atomic E-state index is -3.31. The first kappa shape index (κ1) is 19.0. The summed E-state index contributed by atoms with van der Waals surface area (Å²) in [7, 11) is -3.31. The van der Waals surface area contributed by atoms with Gasteiger partial charge in [-0.05, 0) is 30.3 Å². The number of nitrogens with zero attached hydrogens (tertiary/aromatic N) is 4. The lowest BCUT2D eigenvalue weighted by molar-refractivity contribution is -0.136. The van der Waals surface area contributed by atoms with Gasteiger partial charge in [-0.3, -0.25) is 4.79 Å². The number of sulfone groups is 1. The van der Waals surface area contributed by atoms with Crippen molar-refractivity contribution in [1.29, 1.82) is 0 Å². The number of halogens is 1. The number of aryl methyl sites for hydroxylation is 1. The molecule has 1 N–H and O–H groups in total. The van der Waals surface area contributed by atoms with Crippen LogP contribution in [0.1, 0.15) is 12.1 Å². The summed E-state index contributed by atoms with van der Waals surface area (Å²) in [6.07, 6.45) is 1.33. The summed E-state index contributed by atoms with van der Waals surface area (Å²) in [4.78, 5) is 11.0. The average Bonchev–Trinajstić information content (AvgIpc) is 3.04. The molecule has 0 fully saturated rings. The highest BCUT2D eigenvalue weighted by Gasteiger charge is 2.15. The third-order valence-electron chi connectivity index (χ3n) is 3.77. The largest absolute Gasteiger partial charge is 0.481 e. The number of carboxylic acid groups (broad SMARTS) is 1. The van der Waals surface area contributed by atoms with Crippen molar-refractivity contribution in [2.75, 3.05) is 6.26 Å². The molecular weight excluding hydrogens is 392 g/mol. The van der Waals surface area contributed by atoms with Crippen molar-refractivity contribution in [1.82, 2.24) is 20.0 Å². The Balaban J connectivity index is 2.06. The molecule has 0 spiro atoms. The number of carbonyl (C=O) groups is 1. The van der Waals surface area contributed by atoms with E-state index in [-0.39, 0.29) is 22.9 Å². The Kier molecular flexibility index (Phi) is 5.24. The highest BCUT2D eigenvalue weighted by Crippen LogP contribution is 2.25. The van der Waals surface area contributed by atoms with Gasteiger partial charge in [0.25, 0.3) is 0 Å². The van der Waals surface area contributed by atoms with Gasteiger partial charge in [-0.2, -0.15) is 5.10 Å². The van der Waals surface area contributed by atoms with E-state index in [9.17, 15) is 13.2 Å². The van der Waals surface area contributed by atoms with Crippen molar-refractivity contribution in [2.45, 2.75) is 17.7 Å². The molecule has 10 heteroatoms. The van der Waals surface area contributed by atoms with Crippen LogP contribution >= 0.6 is 11.6 Å². The SMILES string of the molecule is CS(=O)(=O)c1ccc(-c2cc(CCC(=O)O)nn2-c2ccc(Cl)nn2)cc1. The Morgan fingerprint density at radius 3 is 2.41 bits per heavy atom. The van der Waals surface area contributed by atoms with Gasteiger partial charge in [-0.25, -0.2) is 13.1 Å². The van der Waals surface area contributed by atoms with Gasteiger partial charge in [-0.15, -0.1) is 10.2 Å². The topological polar surface area (TPSA) is 115 Å². The van der Waals surface area contributed by atoms with Gasteiger partial charge in [0.2, 0.25) is 0 Å². The molecule has 0 saturated carbocycles. The van der Waals surface area contributed by atoms with Crippen molar-refractivity contribution in [3.8, 4) is 17.1 Å². The fraction of sp³-hybridized carbons (Fsp3) is 0.176. The zero-order valence-electron chi connectivity index (χ0n) is 14.2. The predicted molar refractivity (Wildman–Crippen MR) is 98.7 cm³/mol. The third kappa shape index (κ3) is 4.50. The molecule has 2 aromatic heterocycles. The molecule has 0 bridgehead atoms. The number of aromatic nitrogens is 4. The second kappa shape index (κ2) is 7.45. The molecule has 0 unspecified atom stereocenters.